The van der Waals surface area contributed by atoms with E-state index in [1.165, 1.54) is 4.90 Å². The quantitative estimate of drug-likeness (QED) is 0.830. The van der Waals surface area contributed by atoms with Gasteiger partial charge in [-0.1, -0.05) is 35.3 Å². The molecule has 0 unspecified atom stereocenters. The number of nitrogens with zero attached hydrogens (tertiary/aromatic N) is 1. The monoisotopic (exact) mass is 272 g/mol. The first-order valence-corrected chi connectivity index (χ1v) is 5.82. The molecular formula is C11H10Cl2N2O2. The molecule has 0 aromatic heterocycles. The lowest BCUT2D eigenvalue weighted by Crippen LogP contribution is -2.51. The van der Waals surface area contributed by atoms with Crippen LogP contribution in [0.15, 0.2) is 18.2 Å². The van der Waals surface area contributed by atoms with Gasteiger partial charge in [-0.3, -0.25) is 19.8 Å². The normalized spacial score (nSPS) is 16.5. The van der Waals surface area contributed by atoms with E-state index >= 15 is 0 Å². The van der Waals surface area contributed by atoms with Crippen LogP contribution in [0, 0.1) is 0 Å². The molecule has 0 aliphatic carbocycles. The van der Waals surface area contributed by atoms with E-state index in [0.29, 0.717) is 15.6 Å². The van der Waals surface area contributed by atoms with E-state index in [2.05, 4.69) is 5.32 Å². The molecular weight excluding hydrogens is 263 g/mol. The second kappa shape index (κ2) is 5.04. The minimum absolute atomic E-state index is 0.165. The van der Waals surface area contributed by atoms with Crippen LogP contribution in [0.3, 0.4) is 0 Å². The molecule has 0 saturated carbocycles. The minimum Gasteiger partial charge on any atom is -0.300 e. The van der Waals surface area contributed by atoms with Gasteiger partial charge < -0.3 is 0 Å². The highest BCUT2D eigenvalue weighted by Gasteiger charge is 2.26. The van der Waals surface area contributed by atoms with Crippen molar-refractivity contribution in [3.8, 4) is 0 Å². The summed E-state index contributed by atoms with van der Waals surface area (Å²) in [7, 11) is 0. The van der Waals surface area contributed by atoms with Crippen molar-refractivity contribution in [1.82, 2.24) is 10.2 Å². The van der Waals surface area contributed by atoms with Gasteiger partial charge in [-0.2, -0.15) is 0 Å². The Bertz CT molecular complexity index is 461. The van der Waals surface area contributed by atoms with Crippen LogP contribution in [-0.2, 0) is 16.1 Å². The van der Waals surface area contributed by atoms with Crippen molar-refractivity contribution in [2.24, 2.45) is 0 Å². The fourth-order valence-electron chi connectivity index (χ4n) is 1.62. The van der Waals surface area contributed by atoms with Crippen molar-refractivity contribution in [3.05, 3.63) is 33.8 Å². The molecule has 1 aliphatic rings. The van der Waals surface area contributed by atoms with E-state index in [-0.39, 0.29) is 31.4 Å². The molecule has 6 heteroatoms. The average Bonchev–Trinajstić information content (AvgIpc) is 2.29. The van der Waals surface area contributed by atoms with Gasteiger partial charge in [0.15, 0.2) is 0 Å². The molecule has 2 amide bonds. The van der Waals surface area contributed by atoms with E-state index < -0.39 is 0 Å². The number of benzene rings is 1. The van der Waals surface area contributed by atoms with E-state index in [9.17, 15) is 9.59 Å². The van der Waals surface area contributed by atoms with Crippen molar-refractivity contribution in [1.29, 1.82) is 0 Å². The highest BCUT2D eigenvalue weighted by atomic mass is 35.5. The number of piperazine rings is 1. The lowest BCUT2D eigenvalue weighted by atomic mass is 10.2. The lowest BCUT2D eigenvalue weighted by molar-refractivity contribution is -0.147. The molecule has 0 bridgehead atoms. The predicted octanol–water partition coefficient (Wildman–Crippen LogP) is 1.45. The summed E-state index contributed by atoms with van der Waals surface area (Å²) in [5.74, 6) is -0.505. The van der Waals surface area contributed by atoms with Crippen LogP contribution in [0.5, 0.6) is 0 Å². The summed E-state index contributed by atoms with van der Waals surface area (Å²) in [6, 6.07) is 5.15. The summed E-state index contributed by atoms with van der Waals surface area (Å²) in [6.07, 6.45) is 0. The van der Waals surface area contributed by atoms with Crippen molar-refractivity contribution >= 4 is 35.0 Å². The fourth-order valence-corrected chi connectivity index (χ4v) is 2.00. The van der Waals surface area contributed by atoms with Gasteiger partial charge in [0.05, 0.1) is 29.7 Å². The molecule has 0 atom stereocenters. The predicted molar refractivity (Wildman–Crippen MR) is 64.9 cm³/mol. The highest BCUT2D eigenvalue weighted by Crippen LogP contribution is 2.26. The van der Waals surface area contributed by atoms with Crippen LogP contribution in [-0.4, -0.2) is 29.8 Å². The fraction of sp³-hybridized carbons (Fsp3) is 0.273. The zero-order valence-electron chi connectivity index (χ0n) is 8.87. The van der Waals surface area contributed by atoms with Crippen molar-refractivity contribution in [2.75, 3.05) is 13.1 Å². The molecule has 1 saturated heterocycles. The molecule has 1 heterocycles. The molecule has 2 rings (SSSR count). The molecule has 1 fully saturated rings. The van der Waals surface area contributed by atoms with Crippen LogP contribution in [0.2, 0.25) is 10.0 Å². The van der Waals surface area contributed by atoms with Crippen LogP contribution >= 0.6 is 23.2 Å². The van der Waals surface area contributed by atoms with Crippen molar-refractivity contribution < 1.29 is 9.59 Å². The summed E-state index contributed by atoms with van der Waals surface area (Å²) in [5.41, 5.74) is 0.669. The second-order valence-electron chi connectivity index (χ2n) is 3.69. The van der Waals surface area contributed by atoms with Crippen LogP contribution < -0.4 is 5.32 Å². The highest BCUT2D eigenvalue weighted by molar-refractivity contribution is 6.42. The van der Waals surface area contributed by atoms with E-state index in [1.807, 2.05) is 0 Å². The Morgan fingerprint density at radius 2 is 1.82 bits per heavy atom. The van der Waals surface area contributed by atoms with Crippen LogP contribution in [0.25, 0.3) is 0 Å². The first-order valence-electron chi connectivity index (χ1n) is 5.06. The number of carbonyl (C=O) groups excluding carboxylic acids is 2. The topological polar surface area (TPSA) is 49.4 Å². The average molecular weight is 273 g/mol. The largest absolute Gasteiger partial charge is 0.300 e. The third-order valence-corrected chi connectivity index (χ3v) is 3.37. The summed E-state index contributed by atoms with van der Waals surface area (Å²) in [4.78, 5) is 24.3. The SMILES string of the molecule is O=C1CNCC(=O)N1Cc1cccc(Cl)c1Cl. The smallest absolute Gasteiger partial charge is 0.243 e. The number of halogens is 2. The Hall–Kier alpha value is -1.10. The molecule has 17 heavy (non-hydrogen) atoms. The van der Waals surface area contributed by atoms with Gasteiger partial charge in [-0.05, 0) is 11.6 Å². The number of hydrogen-bond donors (Lipinski definition) is 1. The maximum absolute atomic E-state index is 11.6. The lowest BCUT2D eigenvalue weighted by Gasteiger charge is -2.25. The number of hydrogen-bond acceptors (Lipinski definition) is 3. The van der Waals surface area contributed by atoms with Gasteiger partial charge in [0, 0.05) is 0 Å². The van der Waals surface area contributed by atoms with Crippen LogP contribution in [0.1, 0.15) is 5.56 Å². The van der Waals surface area contributed by atoms with E-state index in [0.717, 1.165) is 0 Å². The first kappa shape index (κ1) is 12.4. The number of carbonyl (C=O) groups is 2. The Balaban J connectivity index is 2.22. The molecule has 1 aromatic carbocycles. The third-order valence-electron chi connectivity index (χ3n) is 2.51. The van der Waals surface area contributed by atoms with Gasteiger partial charge in [0.2, 0.25) is 11.8 Å². The molecule has 1 aromatic rings. The molecule has 90 valence electrons. The summed E-state index contributed by atoms with van der Waals surface area (Å²) in [5, 5.41) is 3.52. The zero-order valence-corrected chi connectivity index (χ0v) is 10.4. The molecule has 1 N–H and O–H groups in total. The Morgan fingerprint density at radius 3 is 2.47 bits per heavy atom. The number of amides is 2. The second-order valence-corrected chi connectivity index (χ2v) is 4.48. The molecule has 0 spiro atoms. The van der Waals surface area contributed by atoms with E-state index in [4.69, 9.17) is 23.2 Å². The van der Waals surface area contributed by atoms with Crippen molar-refractivity contribution in [2.45, 2.75) is 6.54 Å². The maximum atomic E-state index is 11.6. The van der Waals surface area contributed by atoms with Crippen molar-refractivity contribution in [3.63, 3.8) is 0 Å². The van der Waals surface area contributed by atoms with Crippen LogP contribution in [0.4, 0.5) is 0 Å². The number of imide groups is 1. The van der Waals surface area contributed by atoms with E-state index in [1.54, 1.807) is 18.2 Å². The molecule has 1 aliphatic heterocycles. The number of rotatable bonds is 2. The zero-order chi connectivity index (χ0) is 12.4. The summed E-state index contributed by atoms with van der Waals surface area (Å²) >= 11 is 11.9. The molecule has 4 nitrogen and oxygen atoms in total. The standard InChI is InChI=1S/C11H10Cl2N2O2/c12-8-3-1-2-7(11(8)13)6-15-9(16)4-14-5-10(15)17/h1-3,14H,4-6H2. The summed E-state index contributed by atoms with van der Waals surface area (Å²) < 4.78 is 0. The third kappa shape index (κ3) is 2.60. The number of nitrogens with one attached hydrogen (secondary N) is 1. The molecule has 0 radical (unpaired) electrons. The Labute approximate surface area is 108 Å². The van der Waals surface area contributed by atoms with Gasteiger partial charge in [-0.25, -0.2) is 0 Å². The van der Waals surface area contributed by atoms with Gasteiger partial charge in [0.25, 0.3) is 0 Å². The Morgan fingerprint density at radius 1 is 1.18 bits per heavy atom. The Kier molecular flexibility index (Phi) is 3.66. The van der Waals surface area contributed by atoms with Gasteiger partial charge >= 0.3 is 0 Å². The summed E-state index contributed by atoms with van der Waals surface area (Å²) in [6.45, 7) is 0.507. The minimum atomic E-state index is -0.253. The first-order chi connectivity index (χ1) is 8.09. The maximum Gasteiger partial charge on any atom is 0.243 e. The van der Waals surface area contributed by atoms with Gasteiger partial charge in [-0.15, -0.1) is 0 Å². The van der Waals surface area contributed by atoms with Gasteiger partial charge in [0.1, 0.15) is 0 Å².